The summed E-state index contributed by atoms with van der Waals surface area (Å²) in [5.74, 6) is -7.68. The number of halogens is 2. The Labute approximate surface area is 291 Å². The normalized spacial score (nSPS) is 27.1. The molecule has 0 aromatic heterocycles. The van der Waals surface area contributed by atoms with Crippen molar-refractivity contribution in [3.63, 3.8) is 0 Å². The zero-order chi connectivity index (χ0) is 35.5. The maximum Gasteiger partial charge on any atom is 0.303 e. The number of carbonyl (C=O) groups excluding carboxylic acids is 4. The maximum atomic E-state index is 15.1. The van der Waals surface area contributed by atoms with Gasteiger partial charge in [0, 0.05) is 23.9 Å². The first-order valence-corrected chi connectivity index (χ1v) is 16.7. The van der Waals surface area contributed by atoms with Crippen molar-refractivity contribution in [3.8, 4) is 11.5 Å². The summed E-state index contributed by atoms with van der Waals surface area (Å²) in [5, 5.41) is 21.5. The van der Waals surface area contributed by atoms with Crippen LogP contribution in [-0.4, -0.2) is 63.4 Å². The first-order valence-electron chi connectivity index (χ1n) is 16.3. The number of allylic oxidation sites excluding steroid dienone is 2. The summed E-state index contributed by atoms with van der Waals surface area (Å²) in [5.41, 5.74) is 3.23. The number of methoxy groups -OCH3 is 1. The third kappa shape index (κ3) is 5.12. The van der Waals surface area contributed by atoms with Crippen LogP contribution in [0.15, 0.2) is 78.4 Å². The van der Waals surface area contributed by atoms with Crippen LogP contribution in [-0.2, 0) is 29.4 Å². The lowest BCUT2D eigenvalue weighted by Crippen LogP contribution is -2.53. The van der Waals surface area contributed by atoms with E-state index in [1.165, 1.54) is 37.4 Å². The number of phenolic OH excluding ortho intramolecular Hbond substituents is 1. The molecule has 4 amide bonds. The summed E-state index contributed by atoms with van der Waals surface area (Å²) < 4.78 is 19.1. The van der Waals surface area contributed by atoms with Gasteiger partial charge in [0.05, 0.1) is 36.0 Å². The van der Waals surface area contributed by atoms with Gasteiger partial charge in [-0.1, -0.05) is 41.4 Å². The number of phenols is 1. The highest BCUT2D eigenvalue weighted by molar-refractivity contribution is 6.30. The molecular formula is C37H33ClFN3O8. The summed E-state index contributed by atoms with van der Waals surface area (Å²) in [7, 11) is 1.41. The van der Waals surface area contributed by atoms with Crippen molar-refractivity contribution in [2.45, 2.75) is 37.0 Å². The maximum absolute atomic E-state index is 15.1. The molecule has 0 bridgehead atoms. The monoisotopic (exact) mass is 701 g/mol. The summed E-state index contributed by atoms with van der Waals surface area (Å²) in [6.07, 6.45) is 2.01. The summed E-state index contributed by atoms with van der Waals surface area (Å²) in [6, 6.07) is 16.6. The molecule has 50 heavy (non-hydrogen) atoms. The molecule has 1 saturated carbocycles. The van der Waals surface area contributed by atoms with Crippen LogP contribution in [0.1, 0.15) is 42.7 Å². The quantitative estimate of drug-likeness (QED) is 0.206. The van der Waals surface area contributed by atoms with Gasteiger partial charge >= 0.3 is 5.97 Å². The standard InChI is InChI=1S/C37H33ClFN3O8/c1-50-29-15-4-19(17-28(29)43)32-24-13-14-25-31(35(48)41(33(25)46)16-2-3-30(44)45)26(24)18-27-34(47)42(40-23-11-9-22(39)10-12-23)36(49)37(27,32)20-5-7-21(38)8-6-20/h4-13,15,17,25-27,31-32,40,43H,2-3,14,16,18H2,1H3,(H,44,45)/t25-,26+,27-,31-,32-,37+/m0/s1. The van der Waals surface area contributed by atoms with Gasteiger partial charge in [0.1, 0.15) is 5.82 Å². The summed E-state index contributed by atoms with van der Waals surface area (Å²) in [4.78, 5) is 69.7. The van der Waals surface area contributed by atoms with Crippen LogP contribution in [0.3, 0.4) is 0 Å². The Bertz CT molecular complexity index is 1950. The van der Waals surface area contributed by atoms with E-state index in [4.69, 9.17) is 21.4 Å². The molecule has 7 rings (SSSR count). The number of hydrogen-bond donors (Lipinski definition) is 3. The van der Waals surface area contributed by atoms with Gasteiger partial charge in [-0.15, -0.1) is 0 Å². The van der Waals surface area contributed by atoms with E-state index in [-0.39, 0.29) is 49.6 Å². The van der Waals surface area contributed by atoms with Crippen LogP contribution in [0.4, 0.5) is 10.1 Å². The highest BCUT2D eigenvalue weighted by Crippen LogP contribution is 2.64. The molecule has 2 aliphatic carbocycles. The van der Waals surface area contributed by atoms with Crippen LogP contribution in [0.5, 0.6) is 11.5 Å². The summed E-state index contributed by atoms with van der Waals surface area (Å²) in [6.45, 7) is -0.0419. The van der Waals surface area contributed by atoms with E-state index < -0.39 is 64.5 Å². The van der Waals surface area contributed by atoms with E-state index in [0.29, 0.717) is 27.4 Å². The second kappa shape index (κ2) is 12.6. The van der Waals surface area contributed by atoms with Crippen LogP contribution in [0, 0.1) is 29.5 Å². The zero-order valence-corrected chi connectivity index (χ0v) is 27.6. The number of nitrogens with zero attached hydrogens (tertiary/aromatic N) is 2. The molecular weight excluding hydrogens is 669 g/mol. The molecule has 2 heterocycles. The smallest absolute Gasteiger partial charge is 0.303 e. The second-order valence-electron chi connectivity index (χ2n) is 13.1. The first kappa shape index (κ1) is 33.3. The van der Waals surface area contributed by atoms with Crippen molar-refractivity contribution in [3.05, 3.63) is 100 Å². The highest BCUT2D eigenvalue weighted by Gasteiger charge is 2.70. The van der Waals surface area contributed by atoms with Gasteiger partial charge in [0.15, 0.2) is 11.5 Å². The largest absolute Gasteiger partial charge is 0.504 e. The van der Waals surface area contributed by atoms with Crippen molar-refractivity contribution in [2.75, 3.05) is 19.1 Å². The Morgan fingerprint density at radius 3 is 2.38 bits per heavy atom. The number of rotatable bonds is 9. The predicted molar refractivity (Wildman–Crippen MR) is 177 cm³/mol. The lowest BCUT2D eigenvalue weighted by molar-refractivity contribution is -0.142. The minimum Gasteiger partial charge on any atom is -0.504 e. The number of benzene rings is 3. The molecule has 258 valence electrons. The molecule has 3 aromatic rings. The molecule has 4 aliphatic rings. The number of hydrogen-bond acceptors (Lipinski definition) is 8. The lowest BCUT2D eigenvalue weighted by Gasteiger charge is -2.50. The minimum absolute atomic E-state index is 0.0419. The van der Waals surface area contributed by atoms with Crippen molar-refractivity contribution in [2.24, 2.45) is 23.7 Å². The van der Waals surface area contributed by atoms with Crippen LogP contribution >= 0.6 is 11.6 Å². The minimum atomic E-state index is -1.60. The number of aliphatic carboxylic acids is 1. The van der Waals surface area contributed by atoms with Crippen molar-refractivity contribution in [1.82, 2.24) is 9.91 Å². The molecule has 0 unspecified atom stereocenters. The molecule has 3 aromatic carbocycles. The van der Waals surface area contributed by atoms with Crippen molar-refractivity contribution < 1.29 is 43.3 Å². The third-order valence-electron chi connectivity index (χ3n) is 10.7. The highest BCUT2D eigenvalue weighted by atomic mass is 35.5. The van der Waals surface area contributed by atoms with Crippen LogP contribution in [0.2, 0.25) is 5.02 Å². The molecule has 3 fully saturated rings. The van der Waals surface area contributed by atoms with E-state index in [2.05, 4.69) is 5.43 Å². The number of amides is 4. The molecule has 13 heteroatoms. The molecule has 0 spiro atoms. The molecule has 11 nitrogen and oxygen atoms in total. The van der Waals surface area contributed by atoms with Gasteiger partial charge in [0.25, 0.3) is 11.8 Å². The summed E-state index contributed by atoms with van der Waals surface area (Å²) >= 11 is 6.31. The number of anilines is 1. The number of nitrogens with one attached hydrogen (secondary N) is 1. The second-order valence-corrected chi connectivity index (χ2v) is 13.6. The van der Waals surface area contributed by atoms with Crippen molar-refractivity contribution in [1.29, 1.82) is 0 Å². The Kier molecular flexibility index (Phi) is 8.37. The molecule has 2 aliphatic heterocycles. The van der Waals surface area contributed by atoms with Crippen LogP contribution in [0.25, 0.3) is 0 Å². The zero-order valence-electron chi connectivity index (χ0n) is 26.8. The lowest BCUT2D eigenvalue weighted by atomic mass is 9.49. The van der Waals surface area contributed by atoms with E-state index in [1.54, 1.807) is 36.4 Å². The average molecular weight is 702 g/mol. The van der Waals surface area contributed by atoms with Gasteiger partial charge in [-0.2, -0.15) is 5.01 Å². The number of aromatic hydroxyl groups is 1. The van der Waals surface area contributed by atoms with E-state index in [0.717, 1.165) is 9.91 Å². The van der Waals surface area contributed by atoms with Gasteiger partial charge < -0.3 is 14.9 Å². The fourth-order valence-electron chi connectivity index (χ4n) is 8.59. The van der Waals surface area contributed by atoms with E-state index in [1.807, 2.05) is 6.08 Å². The molecule has 6 atom stereocenters. The first-order chi connectivity index (χ1) is 24.0. The number of imide groups is 2. The molecule has 2 saturated heterocycles. The Hall–Kier alpha value is -5.23. The Morgan fingerprint density at radius 2 is 1.72 bits per heavy atom. The number of carboxylic acid groups (broad SMARTS) is 1. The number of likely N-dealkylation sites (tertiary alicyclic amines) is 1. The number of ether oxygens (including phenoxy) is 1. The van der Waals surface area contributed by atoms with Gasteiger partial charge in [-0.25, -0.2) is 4.39 Å². The number of hydrazine groups is 1. The predicted octanol–water partition coefficient (Wildman–Crippen LogP) is 5.04. The fraction of sp³-hybridized carbons (Fsp3) is 0.324. The SMILES string of the molecule is COc1ccc([C@H]2C3=CC[C@@H]4C(=O)N(CCCC(=O)O)C(=O)[C@@H]4[C@@H]3C[C@H]3C(=O)N(Nc4ccc(F)cc4)C(=O)[C@@]23c2ccc(Cl)cc2)cc1O. The van der Waals surface area contributed by atoms with Crippen LogP contribution < -0.4 is 10.2 Å². The number of carboxylic acids is 1. The van der Waals surface area contributed by atoms with Gasteiger partial charge in [0.2, 0.25) is 11.8 Å². The average Bonchev–Trinajstić information content (AvgIpc) is 3.46. The molecule has 3 N–H and O–H groups in total. The third-order valence-corrected chi connectivity index (χ3v) is 10.9. The van der Waals surface area contributed by atoms with E-state index in [9.17, 15) is 28.7 Å². The topological polar surface area (TPSA) is 154 Å². The van der Waals surface area contributed by atoms with Gasteiger partial charge in [-0.05, 0) is 84.8 Å². The molecule has 0 radical (unpaired) electrons. The Morgan fingerprint density at radius 1 is 1.00 bits per heavy atom. The van der Waals surface area contributed by atoms with Crippen molar-refractivity contribution >= 4 is 46.9 Å². The Balaban J connectivity index is 1.41. The van der Waals surface area contributed by atoms with E-state index >= 15 is 4.79 Å². The fourth-order valence-corrected chi connectivity index (χ4v) is 8.72. The number of fused-ring (bicyclic) bond motifs is 4. The van der Waals surface area contributed by atoms with Gasteiger partial charge in [-0.3, -0.25) is 34.3 Å². The number of carbonyl (C=O) groups is 5.